The minimum atomic E-state index is -0.179. The van der Waals surface area contributed by atoms with Crippen molar-refractivity contribution in [1.29, 1.82) is 0 Å². The molecule has 3 atom stereocenters. The number of aliphatic hydroxyl groups is 1. The van der Waals surface area contributed by atoms with E-state index in [1.165, 1.54) is 11.3 Å². The molecular formula is C16H26N2O2. The largest absolute Gasteiger partial charge is 0.496 e. The zero-order chi connectivity index (χ0) is 14.7. The van der Waals surface area contributed by atoms with Gasteiger partial charge >= 0.3 is 0 Å². The van der Waals surface area contributed by atoms with Crippen LogP contribution >= 0.6 is 0 Å². The van der Waals surface area contributed by atoms with Crippen LogP contribution in [0.2, 0.25) is 0 Å². The van der Waals surface area contributed by atoms with Crippen molar-refractivity contribution in [3.63, 3.8) is 0 Å². The number of piperidine rings is 1. The van der Waals surface area contributed by atoms with Gasteiger partial charge in [0.1, 0.15) is 5.75 Å². The summed E-state index contributed by atoms with van der Waals surface area (Å²) < 4.78 is 5.53. The average Bonchev–Trinajstić information content (AvgIpc) is 2.48. The van der Waals surface area contributed by atoms with Gasteiger partial charge in [-0.2, -0.15) is 0 Å². The quantitative estimate of drug-likeness (QED) is 0.886. The molecule has 1 aromatic carbocycles. The normalized spacial score (nSPS) is 24.6. The molecule has 0 amide bonds. The lowest BCUT2D eigenvalue weighted by molar-refractivity contribution is 0.0970. The molecule has 0 aliphatic carbocycles. The summed E-state index contributed by atoms with van der Waals surface area (Å²) in [6, 6.07) is 6.42. The zero-order valence-corrected chi connectivity index (χ0v) is 12.9. The van der Waals surface area contributed by atoms with Crippen molar-refractivity contribution in [3.05, 3.63) is 23.8 Å². The third-order valence-electron chi connectivity index (χ3n) is 4.33. The highest BCUT2D eigenvalue weighted by Crippen LogP contribution is 2.36. The van der Waals surface area contributed by atoms with Crippen LogP contribution in [0.25, 0.3) is 0 Å². The highest BCUT2D eigenvalue weighted by molar-refractivity contribution is 5.61. The van der Waals surface area contributed by atoms with Crippen LogP contribution in [0.15, 0.2) is 18.2 Å². The SMILES string of the molecule is CNC(C)c1c(OC)cccc1N1CCC(O)C(C)C1. The molecule has 4 heteroatoms. The molecule has 1 aliphatic rings. The van der Waals surface area contributed by atoms with Crippen LogP contribution in [0.5, 0.6) is 5.75 Å². The van der Waals surface area contributed by atoms with E-state index in [9.17, 15) is 5.11 Å². The Balaban J connectivity index is 2.35. The van der Waals surface area contributed by atoms with Gasteiger partial charge in [0.15, 0.2) is 0 Å². The Morgan fingerprint density at radius 2 is 2.20 bits per heavy atom. The predicted octanol–water partition coefficient (Wildman–Crippen LogP) is 2.18. The molecule has 20 heavy (non-hydrogen) atoms. The van der Waals surface area contributed by atoms with Crippen LogP contribution in [-0.2, 0) is 0 Å². The summed E-state index contributed by atoms with van der Waals surface area (Å²) in [5, 5.41) is 13.2. The van der Waals surface area contributed by atoms with Gasteiger partial charge in [0.25, 0.3) is 0 Å². The summed E-state index contributed by atoms with van der Waals surface area (Å²) in [6.45, 7) is 6.03. The monoisotopic (exact) mass is 278 g/mol. The van der Waals surface area contributed by atoms with Crippen molar-refractivity contribution in [2.24, 2.45) is 5.92 Å². The molecule has 4 nitrogen and oxygen atoms in total. The second-order valence-corrected chi connectivity index (χ2v) is 5.68. The van der Waals surface area contributed by atoms with Crippen LogP contribution < -0.4 is 15.0 Å². The maximum absolute atomic E-state index is 9.90. The smallest absolute Gasteiger partial charge is 0.125 e. The first-order valence-corrected chi connectivity index (χ1v) is 7.35. The van der Waals surface area contributed by atoms with Crippen LogP contribution in [0.1, 0.15) is 31.9 Å². The van der Waals surface area contributed by atoms with E-state index >= 15 is 0 Å². The first kappa shape index (κ1) is 15.1. The molecule has 112 valence electrons. The van der Waals surface area contributed by atoms with Crippen molar-refractivity contribution < 1.29 is 9.84 Å². The molecule has 1 fully saturated rings. The fraction of sp³-hybridized carbons (Fsp3) is 0.625. The Morgan fingerprint density at radius 1 is 1.45 bits per heavy atom. The van der Waals surface area contributed by atoms with E-state index in [4.69, 9.17) is 4.74 Å². The van der Waals surface area contributed by atoms with Crippen molar-refractivity contribution >= 4 is 5.69 Å². The van der Waals surface area contributed by atoms with Gasteiger partial charge in [0.2, 0.25) is 0 Å². The maximum atomic E-state index is 9.90. The van der Waals surface area contributed by atoms with E-state index in [-0.39, 0.29) is 12.1 Å². The molecule has 1 heterocycles. The van der Waals surface area contributed by atoms with Crippen LogP contribution in [-0.4, -0.2) is 38.5 Å². The zero-order valence-electron chi connectivity index (χ0n) is 12.9. The Hall–Kier alpha value is -1.26. The minimum Gasteiger partial charge on any atom is -0.496 e. The number of hydrogen-bond donors (Lipinski definition) is 2. The van der Waals surface area contributed by atoms with E-state index in [1.807, 2.05) is 19.2 Å². The number of ether oxygens (including phenoxy) is 1. The highest BCUT2D eigenvalue weighted by atomic mass is 16.5. The molecule has 0 spiro atoms. The van der Waals surface area contributed by atoms with Gasteiger partial charge in [-0.25, -0.2) is 0 Å². The Labute approximate surface area is 121 Å². The van der Waals surface area contributed by atoms with E-state index in [2.05, 4.69) is 30.1 Å². The number of nitrogens with one attached hydrogen (secondary N) is 1. The molecule has 0 aromatic heterocycles. The first-order chi connectivity index (χ1) is 9.58. The highest BCUT2D eigenvalue weighted by Gasteiger charge is 2.27. The molecule has 0 bridgehead atoms. The summed E-state index contributed by atoms with van der Waals surface area (Å²) in [5.41, 5.74) is 2.41. The molecule has 2 N–H and O–H groups in total. The summed E-state index contributed by atoms with van der Waals surface area (Å²) in [7, 11) is 3.68. The van der Waals surface area contributed by atoms with E-state index < -0.39 is 0 Å². The standard InChI is InChI=1S/C16H26N2O2/c1-11-10-18(9-8-14(11)19)13-6-5-7-15(20-4)16(13)12(2)17-3/h5-7,11-12,14,17,19H,8-10H2,1-4H3. The number of rotatable bonds is 4. The van der Waals surface area contributed by atoms with E-state index in [0.29, 0.717) is 5.92 Å². The molecular weight excluding hydrogens is 252 g/mol. The van der Waals surface area contributed by atoms with E-state index in [1.54, 1.807) is 7.11 Å². The van der Waals surface area contributed by atoms with Gasteiger partial charge in [-0.05, 0) is 38.4 Å². The second kappa shape index (κ2) is 6.46. The van der Waals surface area contributed by atoms with Gasteiger partial charge in [-0.15, -0.1) is 0 Å². The van der Waals surface area contributed by atoms with Crippen molar-refractivity contribution in [3.8, 4) is 5.75 Å². The van der Waals surface area contributed by atoms with Gasteiger partial charge in [0, 0.05) is 30.4 Å². The number of methoxy groups -OCH3 is 1. The topological polar surface area (TPSA) is 44.7 Å². The number of nitrogens with zero attached hydrogens (tertiary/aromatic N) is 1. The number of hydrogen-bond acceptors (Lipinski definition) is 4. The number of anilines is 1. The lowest BCUT2D eigenvalue weighted by Gasteiger charge is -2.38. The van der Waals surface area contributed by atoms with Crippen LogP contribution in [0.3, 0.4) is 0 Å². The van der Waals surface area contributed by atoms with Crippen molar-refractivity contribution in [2.75, 3.05) is 32.1 Å². The van der Waals surface area contributed by atoms with Crippen LogP contribution in [0.4, 0.5) is 5.69 Å². The third-order valence-corrected chi connectivity index (χ3v) is 4.33. The number of benzene rings is 1. The summed E-state index contributed by atoms with van der Waals surface area (Å²) >= 11 is 0. The summed E-state index contributed by atoms with van der Waals surface area (Å²) in [6.07, 6.45) is 0.646. The fourth-order valence-corrected chi connectivity index (χ4v) is 2.92. The Kier molecular flexibility index (Phi) is 4.89. The Bertz CT molecular complexity index is 450. The summed E-state index contributed by atoms with van der Waals surface area (Å²) in [5.74, 6) is 1.22. The summed E-state index contributed by atoms with van der Waals surface area (Å²) in [4.78, 5) is 2.36. The van der Waals surface area contributed by atoms with E-state index in [0.717, 1.165) is 25.3 Å². The molecule has 2 rings (SSSR count). The van der Waals surface area contributed by atoms with Crippen molar-refractivity contribution in [1.82, 2.24) is 5.32 Å². The van der Waals surface area contributed by atoms with Crippen LogP contribution in [0, 0.1) is 5.92 Å². The lowest BCUT2D eigenvalue weighted by atomic mass is 9.94. The second-order valence-electron chi connectivity index (χ2n) is 5.68. The average molecular weight is 278 g/mol. The molecule has 1 aliphatic heterocycles. The van der Waals surface area contributed by atoms with Gasteiger partial charge in [-0.1, -0.05) is 13.0 Å². The van der Waals surface area contributed by atoms with Gasteiger partial charge < -0.3 is 20.1 Å². The fourth-order valence-electron chi connectivity index (χ4n) is 2.92. The third kappa shape index (κ3) is 2.91. The lowest BCUT2D eigenvalue weighted by Crippen LogP contribution is -2.42. The Morgan fingerprint density at radius 3 is 2.80 bits per heavy atom. The molecule has 1 saturated heterocycles. The molecule has 3 unspecified atom stereocenters. The van der Waals surface area contributed by atoms with Crippen molar-refractivity contribution in [2.45, 2.75) is 32.4 Å². The predicted molar refractivity (Wildman–Crippen MR) is 82.5 cm³/mol. The van der Waals surface area contributed by atoms with Gasteiger partial charge in [-0.3, -0.25) is 0 Å². The van der Waals surface area contributed by atoms with Gasteiger partial charge in [0.05, 0.1) is 13.2 Å². The maximum Gasteiger partial charge on any atom is 0.125 e. The number of aliphatic hydroxyl groups excluding tert-OH is 1. The molecule has 1 aromatic rings. The minimum absolute atomic E-state index is 0.179. The molecule has 0 saturated carbocycles. The molecule has 0 radical (unpaired) electrons. The first-order valence-electron chi connectivity index (χ1n) is 7.35.